The molecule has 9 aromatic rings. The van der Waals surface area contributed by atoms with E-state index in [1.165, 1.54) is 0 Å². The van der Waals surface area contributed by atoms with Gasteiger partial charge in [0, 0.05) is 21.9 Å². The summed E-state index contributed by atoms with van der Waals surface area (Å²) in [5.41, 5.74) is 5.02. The van der Waals surface area contributed by atoms with Crippen LogP contribution >= 0.6 is 0 Å². The lowest BCUT2D eigenvalue weighted by Gasteiger charge is -2.31. The zero-order chi connectivity index (χ0) is 40.3. The van der Waals surface area contributed by atoms with E-state index in [2.05, 4.69) is 0 Å². The van der Waals surface area contributed by atoms with Crippen LogP contribution in [0, 0.1) is 0 Å². The van der Waals surface area contributed by atoms with Crippen LogP contribution in [0.5, 0.6) is 0 Å². The fourth-order valence-electron chi connectivity index (χ4n) is 7.89. The quantitative estimate of drug-likeness (QED) is 0.142. The van der Waals surface area contributed by atoms with E-state index in [1.54, 1.807) is 0 Å². The minimum Gasteiger partial charge on any atom is -0.456 e. The van der Waals surface area contributed by atoms with Crippen LogP contribution in [-0.2, 0) is 0 Å². The molecule has 0 saturated carbocycles. The van der Waals surface area contributed by atoms with Gasteiger partial charge in [-0.05, 0) is 86.3 Å². The molecule has 0 aliphatic carbocycles. The van der Waals surface area contributed by atoms with Gasteiger partial charge >= 0.3 is 0 Å². The third-order valence-electron chi connectivity index (χ3n) is 10.9. The van der Waals surface area contributed by atoms with Crippen molar-refractivity contribution in [1.29, 1.82) is 0 Å². The second-order valence-corrected chi connectivity index (χ2v) is 14.1. The molecular weight excluding hydrogens is 677 g/mol. The van der Waals surface area contributed by atoms with Crippen molar-refractivity contribution in [1.82, 2.24) is 0 Å². The Morgan fingerprint density at radius 1 is 0.281 bits per heavy atom. The summed E-state index contributed by atoms with van der Waals surface area (Å²) >= 11 is 0. The van der Waals surface area contributed by atoms with Gasteiger partial charge in [-0.2, -0.15) is 0 Å². The van der Waals surface area contributed by atoms with Crippen LogP contribution in [0.3, 0.4) is 0 Å². The molecule has 0 saturated heterocycles. The Morgan fingerprint density at radius 2 is 0.649 bits per heavy atom. The number of hydrogen-bond acceptors (Lipinski definition) is 2. The Balaban J connectivity index is 1.35. The zero-order valence-corrected chi connectivity index (χ0v) is 30.3. The molecule has 7 aromatic carbocycles. The number of rotatable bonds is 4. The molecule has 0 unspecified atom stereocenters. The predicted molar refractivity (Wildman–Crippen MR) is 253 cm³/mol. The summed E-state index contributed by atoms with van der Waals surface area (Å²) in [6, 6.07) is 25.3. The van der Waals surface area contributed by atoms with Gasteiger partial charge in [0.15, 0.2) is 0 Å². The van der Waals surface area contributed by atoms with Gasteiger partial charge in [-0.3, -0.25) is 0 Å². The molecule has 0 atom stereocenters. The van der Waals surface area contributed by atoms with Crippen molar-refractivity contribution in [2.24, 2.45) is 0 Å². The number of fused-ring (bicyclic) bond motifs is 4. The van der Waals surface area contributed by atoms with Crippen LogP contribution in [0.15, 0.2) is 87.7 Å². The first kappa shape index (κ1) is 37.6. The first-order chi connectivity index (χ1) is 27.2. The predicted octanol–water partition coefficient (Wildman–Crippen LogP) is -3.53. The smallest absolute Gasteiger partial charge is 0.135 e. The Bertz CT molecular complexity index is 3110. The molecule has 15 heteroatoms. The second-order valence-electron chi connectivity index (χ2n) is 14.1. The van der Waals surface area contributed by atoms with Gasteiger partial charge in [0.25, 0.3) is 0 Å². The summed E-state index contributed by atoms with van der Waals surface area (Å²) in [6.07, 6.45) is 0. The zero-order valence-electron chi connectivity index (χ0n) is 30.3. The van der Waals surface area contributed by atoms with E-state index in [9.17, 15) is 0 Å². The Hall–Kier alpha value is -5.02. The van der Waals surface area contributed by atoms with Crippen molar-refractivity contribution in [3.8, 4) is 44.9 Å². The van der Waals surface area contributed by atoms with E-state index < -0.39 is 0 Å². The maximum absolute atomic E-state index is 6.91. The minimum atomic E-state index is -0.0169. The van der Waals surface area contributed by atoms with Crippen LogP contribution in [-0.4, -0.2) is 102 Å². The topological polar surface area (TPSA) is 26.3 Å². The fourth-order valence-corrected chi connectivity index (χ4v) is 7.89. The highest BCUT2D eigenvalue weighted by molar-refractivity contribution is 6.73. The van der Waals surface area contributed by atoms with E-state index in [0.29, 0.717) is 33.2 Å². The van der Waals surface area contributed by atoms with Crippen LogP contribution in [0.2, 0.25) is 0 Å². The van der Waals surface area contributed by atoms with Crippen LogP contribution in [0.4, 0.5) is 0 Å². The molecule has 0 fully saturated rings. The third-order valence-corrected chi connectivity index (χ3v) is 10.9. The molecule has 2 nitrogen and oxygen atoms in total. The highest BCUT2D eigenvalue weighted by Crippen LogP contribution is 2.41. The van der Waals surface area contributed by atoms with Gasteiger partial charge in [-0.1, -0.05) is 69.2 Å². The van der Waals surface area contributed by atoms with Gasteiger partial charge in [-0.15, -0.1) is 38.2 Å². The van der Waals surface area contributed by atoms with Gasteiger partial charge in [0.1, 0.15) is 125 Å². The monoisotopic (exact) mass is 692 g/mol. The lowest BCUT2D eigenvalue weighted by Crippen LogP contribution is -2.55. The number of benzene rings is 7. The van der Waals surface area contributed by atoms with E-state index in [0.717, 1.165) is 33.2 Å². The van der Waals surface area contributed by atoms with Gasteiger partial charge in [0.05, 0.1) is 0 Å². The average molecular weight is 690 g/mol. The molecule has 0 N–H and O–H groups in total. The maximum Gasteiger partial charge on any atom is 0.135 e. The molecule has 2 aromatic heterocycles. The summed E-state index contributed by atoms with van der Waals surface area (Å²) in [6.45, 7) is 0. The van der Waals surface area contributed by atoms with Crippen LogP contribution in [0.1, 0.15) is 0 Å². The molecular formula is C42H13B13O2. The van der Waals surface area contributed by atoms with E-state index in [1.807, 2.05) is 78.9 Å². The normalized spacial score (nSPS) is 11.7. The third kappa shape index (κ3) is 5.51. The molecule has 0 aliphatic rings. The molecule has 0 amide bonds. The van der Waals surface area contributed by atoms with Crippen LogP contribution < -0.4 is 71.0 Å². The second kappa shape index (κ2) is 13.5. The van der Waals surface area contributed by atoms with Crippen molar-refractivity contribution >= 4 is 217 Å². The van der Waals surface area contributed by atoms with Crippen molar-refractivity contribution in [2.75, 3.05) is 0 Å². The molecule has 0 aliphatic heterocycles. The lowest BCUT2D eigenvalue weighted by atomic mass is 9.56. The number of furan rings is 2. The molecule has 26 radical (unpaired) electrons. The van der Waals surface area contributed by atoms with Crippen molar-refractivity contribution in [3.63, 3.8) is 0 Å². The SMILES string of the molecule is [B]c1c([B])c([B])c(-c2c3c([B])c([B])c([B])c([B])c3c(-c3ccc4oc(-c5ccc6oc(-c7ccccc7)cc6c5)cc4c3)c3c([B])c([B])c([B])c([B])c23)c([B])c1[B]. The number of hydrogen-bond donors (Lipinski definition) is 0. The molecule has 57 heavy (non-hydrogen) atoms. The lowest BCUT2D eigenvalue weighted by molar-refractivity contribution is 0.629. The van der Waals surface area contributed by atoms with Crippen LogP contribution in [0.25, 0.3) is 88.4 Å². The van der Waals surface area contributed by atoms with E-state index in [-0.39, 0.29) is 92.9 Å². The first-order valence-electron chi connectivity index (χ1n) is 17.6. The van der Waals surface area contributed by atoms with Crippen molar-refractivity contribution in [3.05, 3.63) is 78.9 Å². The summed E-state index contributed by atoms with van der Waals surface area (Å²) in [5.74, 6) is 1.39. The van der Waals surface area contributed by atoms with Gasteiger partial charge in [0.2, 0.25) is 0 Å². The summed E-state index contributed by atoms with van der Waals surface area (Å²) in [5, 5.41) is 2.96. The highest BCUT2D eigenvalue weighted by atomic mass is 16.3. The molecule has 0 bridgehead atoms. The minimum absolute atomic E-state index is 0.000810. The summed E-state index contributed by atoms with van der Waals surface area (Å²) in [4.78, 5) is 0. The van der Waals surface area contributed by atoms with Crippen molar-refractivity contribution < 1.29 is 8.83 Å². The van der Waals surface area contributed by atoms with E-state index >= 15 is 0 Å². The fraction of sp³-hybridized carbons (Fsp3) is 0. The summed E-state index contributed by atoms with van der Waals surface area (Å²) in [7, 11) is 86.1. The summed E-state index contributed by atoms with van der Waals surface area (Å²) < 4.78 is 12.5. The van der Waals surface area contributed by atoms with Gasteiger partial charge in [-0.25, -0.2) is 0 Å². The van der Waals surface area contributed by atoms with E-state index in [4.69, 9.17) is 111 Å². The Kier molecular flexibility index (Phi) is 8.92. The largest absolute Gasteiger partial charge is 0.456 e. The Labute approximate surface area is 347 Å². The van der Waals surface area contributed by atoms with Gasteiger partial charge < -0.3 is 8.83 Å². The standard InChI is InChI=1S/C42H13B13O2/c43-30-25-23(16-7-9-20-18(11-16)13-22(57-20)15-6-8-19-17(10-15)12-21(56-19)14-4-2-1-3-5-14)26-28(33(46)39(52)37(50)31(26)44)24(27(25)32(45)38(51)36(30)49)29-34(47)40(53)42(55)41(54)35(29)48/h1-13H. The molecule has 2 heterocycles. The molecule has 9 rings (SSSR count). The molecule has 232 valence electrons. The average Bonchev–Trinajstić information content (AvgIpc) is 3.86. The Morgan fingerprint density at radius 3 is 1.12 bits per heavy atom. The highest BCUT2D eigenvalue weighted by Gasteiger charge is 2.27. The maximum atomic E-state index is 6.91. The molecule has 0 spiro atoms. The first-order valence-corrected chi connectivity index (χ1v) is 17.6. The van der Waals surface area contributed by atoms with Crippen molar-refractivity contribution in [2.45, 2.75) is 0 Å².